The Morgan fingerprint density at radius 2 is 1.85 bits per heavy atom. The zero-order valence-corrected chi connectivity index (χ0v) is 11.4. The van der Waals surface area contributed by atoms with E-state index in [9.17, 15) is 4.79 Å². The van der Waals surface area contributed by atoms with Crippen molar-refractivity contribution in [2.24, 2.45) is 0 Å². The Kier molecular flexibility index (Phi) is 3.38. The third kappa shape index (κ3) is 2.25. The van der Waals surface area contributed by atoms with E-state index < -0.39 is 0 Å². The first-order valence-corrected chi connectivity index (χ1v) is 6.85. The Hall–Kier alpha value is -2.35. The summed E-state index contributed by atoms with van der Waals surface area (Å²) in [5.74, 6) is -0.264. The maximum absolute atomic E-state index is 11.6. The molecule has 1 aliphatic carbocycles. The molecule has 0 unspecified atom stereocenters. The van der Waals surface area contributed by atoms with Gasteiger partial charge in [0.15, 0.2) is 0 Å². The summed E-state index contributed by atoms with van der Waals surface area (Å²) < 4.78 is 5.00. The lowest BCUT2D eigenvalue weighted by Crippen LogP contribution is -2.04. The number of allylic oxidation sites excluding steroid dienone is 1. The van der Waals surface area contributed by atoms with Crippen molar-refractivity contribution in [3.8, 4) is 0 Å². The number of hydrogen-bond donors (Lipinski definition) is 0. The molecule has 0 fully saturated rings. The third-order valence-corrected chi connectivity index (χ3v) is 3.54. The Bertz CT molecular complexity index is 666. The molecule has 100 valence electrons. The molecule has 0 aromatic heterocycles. The SMILES string of the molecule is CCOC(=O)c1ccc(C2=CCc3ccccc32)cc1. The first kappa shape index (κ1) is 12.7. The molecule has 0 heterocycles. The van der Waals surface area contributed by atoms with Gasteiger partial charge in [-0.1, -0.05) is 42.5 Å². The molecule has 0 saturated heterocycles. The smallest absolute Gasteiger partial charge is 0.338 e. The van der Waals surface area contributed by atoms with Crippen molar-refractivity contribution in [1.82, 2.24) is 0 Å². The normalized spacial score (nSPS) is 12.8. The van der Waals surface area contributed by atoms with Crippen LogP contribution in [0.5, 0.6) is 0 Å². The fourth-order valence-electron chi connectivity index (χ4n) is 2.56. The summed E-state index contributed by atoms with van der Waals surface area (Å²) in [7, 11) is 0. The predicted octanol–water partition coefficient (Wildman–Crippen LogP) is 3.85. The maximum atomic E-state index is 11.6. The van der Waals surface area contributed by atoms with E-state index in [1.54, 1.807) is 0 Å². The highest BCUT2D eigenvalue weighted by Gasteiger charge is 2.15. The average molecular weight is 264 g/mol. The van der Waals surface area contributed by atoms with Gasteiger partial charge >= 0.3 is 5.97 Å². The molecule has 0 radical (unpaired) electrons. The van der Waals surface area contributed by atoms with Crippen LogP contribution in [-0.2, 0) is 11.2 Å². The zero-order chi connectivity index (χ0) is 13.9. The molecule has 0 spiro atoms. The lowest BCUT2D eigenvalue weighted by atomic mass is 9.98. The molecular formula is C18H16O2. The van der Waals surface area contributed by atoms with Crippen molar-refractivity contribution in [2.45, 2.75) is 13.3 Å². The molecule has 0 N–H and O–H groups in total. The van der Waals surface area contributed by atoms with Crippen molar-refractivity contribution in [3.05, 3.63) is 76.9 Å². The Morgan fingerprint density at radius 3 is 2.60 bits per heavy atom. The largest absolute Gasteiger partial charge is 0.462 e. The Morgan fingerprint density at radius 1 is 1.10 bits per heavy atom. The van der Waals surface area contributed by atoms with E-state index in [4.69, 9.17) is 4.74 Å². The number of benzene rings is 2. The standard InChI is InChI=1S/C18H16O2/c1-2-20-18(19)15-9-7-14(8-10-15)17-12-11-13-5-3-4-6-16(13)17/h3-10,12H,2,11H2,1H3. The fourth-order valence-corrected chi connectivity index (χ4v) is 2.56. The minimum absolute atomic E-state index is 0.264. The minimum atomic E-state index is -0.264. The number of fused-ring (bicyclic) bond motifs is 1. The molecule has 2 aromatic carbocycles. The lowest BCUT2D eigenvalue weighted by Gasteiger charge is -2.07. The third-order valence-electron chi connectivity index (χ3n) is 3.54. The highest BCUT2D eigenvalue weighted by molar-refractivity contribution is 5.91. The van der Waals surface area contributed by atoms with E-state index in [-0.39, 0.29) is 5.97 Å². The molecule has 0 saturated carbocycles. The van der Waals surface area contributed by atoms with Crippen LogP contribution in [-0.4, -0.2) is 12.6 Å². The second-order valence-electron chi connectivity index (χ2n) is 4.78. The highest BCUT2D eigenvalue weighted by Crippen LogP contribution is 2.32. The molecule has 2 heteroatoms. The lowest BCUT2D eigenvalue weighted by molar-refractivity contribution is 0.0526. The summed E-state index contributed by atoms with van der Waals surface area (Å²) in [6.45, 7) is 2.21. The highest BCUT2D eigenvalue weighted by atomic mass is 16.5. The summed E-state index contributed by atoms with van der Waals surface area (Å²) in [5.41, 5.74) is 5.63. The van der Waals surface area contributed by atoms with Gasteiger partial charge in [-0.25, -0.2) is 4.79 Å². The zero-order valence-electron chi connectivity index (χ0n) is 11.4. The number of carbonyl (C=O) groups excluding carboxylic acids is 1. The molecule has 0 amide bonds. The van der Waals surface area contributed by atoms with Gasteiger partial charge in [-0.2, -0.15) is 0 Å². The van der Waals surface area contributed by atoms with Gasteiger partial charge in [-0.3, -0.25) is 0 Å². The quantitative estimate of drug-likeness (QED) is 0.787. The van der Waals surface area contributed by atoms with Gasteiger partial charge in [0.05, 0.1) is 12.2 Å². The fraction of sp³-hybridized carbons (Fsp3) is 0.167. The van der Waals surface area contributed by atoms with Crippen LogP contribution in [0.1, 0.15) is 34.0 Å². The van der Waals surface area contributed by atoms with Gasteiger partial charge in [-0.05, 0) is 47.7 Å². The van der Waals surface area contributed by atoms with Gasteiger partial charge in [0, 0.05) is 0 Å². The van der Waals surface area contributed by atoms with E-state index in [0.717, 1.165) is 12.0 Å². The van der Waals surface area contributed by atoms with Crippen LogP contribution in [0.25, 0.3) is 5.57 Å². The predicted molar refractivity (Wildman–Crippen MR) is 79.6 cm³/mol. The molecule has 0 atom stereocenters. The van der Waals surface area contributed by atoms with Crippen LogP contribution in [0.2, 0.25) is 0 Å². The second kappa shape index (κ2) is 5.33. The van der Waals surface area contributed by atoms with E-state index in [0.29, 0.717) is 12.2 Å². The molecule has 0 aliphatic heterocycles. The van der Waals surface area contributed by atoms with Crippen LogP contribution in [0.3, 0.4) is 0 Å². The van der Waals surface area contributed by atoms with Crippen molar-refractivity contribution < 1.29 is 9.53 Å². The van der Waals surface area contributed by atoms with Gasteiger partial charge in [0.25, 0.3) is 0 Å². The van der Waals surface area contributed by atoms with Crippen LogP contribution in [0.15, 0.2) is 54.6 Å². The van der Waals surface area contributed by atoms with Crippen molar-refractivity contribution in [3.63, 3.8) is 0 Å². The van der Waals surface area contributed by atoms with Crippen LogP contribution in [0.4, 0.5) is 0 Å². The molecule has 3 rings (SSSR count). The van der Waals surface area contributed by atoms with Crippen molar-refractivity contribution in [2.75, 3.05) is 6.61 Å². The maximum Gasteiger partial charge on any atom is 0.338 e. The van der Waals surface area contributed by atoms with Gasteiger partial charge in [-0.15, -0.1) is 0 Å². The number of ether oxygens (including phenoxy) is 1. The molecule has 2 nitrogen and oxygen atoms in total. The molecule has 20 heavy (non-hydrogen) atoms. The summed E-state index contributed by atoms with van der Waals surface area (Å²) in [6, 6.07) is 16.1. The van der Waals surface area contributed by atoms with Crippen molar-refractivity contribution in [1.29, 1.82) is 0 Å². The Labute approximate surface area is 118 Å². The minimum Gasteiger partial charge on any atom is -0.462 e. The van der Waals surface area contributed by atoms with Crippen LogP contribution >= 0.6 is 0 Å². The number of rotatable bonds is 3. The summed E-state index contributed by atoms with van der Waals surface area (Å²) in [6.07, 6.45) is 3.22. The molecule has 1 aliphatic rings. The van der Waals surface area contributed by atoms with Crippen LogP contribution in [0, 0.1) is 0 Å². The van der Waals surface area contributed by atoms with Gasteiger partial charge in [0.1, 0.15) is 0 Å². The topological polar surface area (TPSA) is 26.3 Å². The molecule has 0 bridgehead atoms. The number of hydrogen-bond acceptors (Lipinski definition) is 2. The molecule has 2 aromatic rings. The van der Waals surface area contributed by atoms with Gasteiger partial charge in [0.2, 0.25) is 0 Å². The van der Waals surface area contributed by atoms with E-state index in [1.807, 2.05) is 31.2 Å². The van der Waals surface area contributed by atoms with Crippen LogP contribution < -0.4 is 0 Å². The summed E-state index contributed by atoms with van der Waals surface area (Å²) in [4.78, 5) is 11.6. The first-order valence-electron chi connectivity index (χ1n) is 6.85. The van der Waals surface area contributed by atoms with E-state index >= 15 is 0 Å². The van der Waals surface area contributed by atoms with Gasteiger partial charge < -0.3 is 4.74 Å². The number of carbonyl (C=O) groups is 1. The van der Waals surface area contributed by atoms with Crippen molar-refractivity contribution >= 4 is 11.5 Å². The summed E-state index contributed by atoms with van der Waals surface area (Å²) in [5, 5.41) is 0. The monoisotopic (exact) mass is 264 g/mol. The number of esters is 1. The average Bonchev–Trinajstić information content (AvgIpc) is 2.92. The molecular weight excluding hydrogens is 248 g/mol. The second-order valence-corrected chi connectivity index (χ2v) is 4.78. The first-order chi connectivity index (χ1) is 9.79. The Balaban J connectivity index is 1.88. The van der Waals surface area contributed by atoms with E-state index in [1.165, 1.54) is 16.7 Å². The summed E-state index contributed by atoms with van der Waals surface area (Å²) >= 11 is 0. The van der Waals surface area contributed by atoms with E-state index in [2.05, 4.69) is 30.3 Å².